The van der Waals surface area contributed by atoms with Crippen LogP contribution in [0, 0.1) is 29.6 Å². The molecule has 10 heteroatoms. The second-order valence-electron chi connectivity index (χ2n) is 12.8. The van der Waals surface area contributed by atoms with E-state index in [1.807, 2.05) is 69.2 Å². The van der Waals surface area contributed by atoms with E-state index in [2.05, 4.69) is 26.6 Å². The molecule has 1 fully saturated rings. The van der Waals surface area contributed by atoms with Crippen LogP contribution in [-0.4, -0.2) is 59.7 Å². The molecule has 0 aromatic carbocycles. The van der Waals surface area contributed by atoms with Crippen LogP contribution in [0.3, 0.4) is 0 Å². The molecule has 1 heterocycles. The monoisotopic (exact) mass is 565 g/mol. The van der Waals surface area contributed by atoms with Gasteiger partial charge in [0.1, 0.15) is 30.2 Å². The minimum atomic E-state index is -0.897. The van der Waals surface area contributed by atoms with E-state index in [1.54, 1.807) is 0 Å². The summed E-state index contributed by atoms with van der Waals surface area (Å²) < 4.78 is 0. The van der Waals surface area contributed by atoms with E-state index < -0.39 is 59.7 Å². The topological polar surface area (TPSA) is 146 Å². The minimum absolute atomic E-state index is 0.0826. The second-order valence-corrected chi connectivity index (χ2v) is 12.8. The lowest BCUT2D eigenvalue weighted by molar-refractivity contribution is -0.135. The van der Waals surface area contributed by atoms with Crippen LogP contribution in [0.5, 0.6) is 0 Å². The molecule has 7 unspecified atom stereocenters. The van der Waals surface area contributed by atoms with Crippen LogP contribution in [0.4, 0.5) is 0 Å². The lowest BCUT2D eigenvalue weighted by Crippen LogP contribution is -2.60. The largest absolute Gasteiger partial charge is 0.343 e. The average molecular weight is 566 g/mol. The first kappa shape index (κ1) is 35.4. The van der Waals surface area contributed by atoms with E-state index in [4.69, 9.17) is 0 Å². The molecular weight excluding hydrogens is 510 g/mol. The zero-order valence-electron chi connectivity index (χ0n) is 26.4. The van der Waals surface area contributed by atoms with Crippen LogP contribution in [-0.2, 0) is 24.0 Å². The van der Waals surface area contributed by atoms with Crippen LogP contribution in [0.2, 0.25) is 0 Å². The molecule has 0 aromatic heterocycles. The predicted molar refractivity (Wildman–Crippen MR) is 157 cm³/mol. The van der Waals surface area contributed by atoms with Crippen LogP contribution >= 0.6 is 0 Å². The number of hydrogen-bond acceptors (Lipinski definition) is 5. The summed E-state index contributed by atoms with van der Waals surface area (Å²) in [6.45, 7) is 19.3. The molecule has 1 rings (SSSR count). The van der Waals surface area contributed by atoms with Gasteiger partial charge in [-0.25, -0.2) is 0 Å². The molecular formula is C30H55N5O5. The SMILES string of the molecule is CCC(C)C1NC(=O)C(CC(C)C)NC(=O)C(CC(C)C)NC(=O)C(CC(C)C)NC(=O)C(C(C)CC)NC1=O. The number of nitrogens with one attached hydrogen (secondary N) is 5. The van der Waals surface area contributed by atoms with E-state index in [9.17, 15) is 24.0 Å². The third-order valence-corrected chi connectivity index (χ3v) is 7.61. The van der Waals surface area contributed by atoms with Gasteiger partial charge in [0.25, 0.3) is 0 Å². The fourth-order valence-corrected chi connectivity index (χ4v) is 4.82. The molecule has 0 bridgehead atoms. The molecule has 40 heavy (non-hydrogen) atoms. The molecule has 0 spiro atoms. The molecule has 0 aliphatic carbocycles. The van der Waals surface area contributed by atoms with E-state index in [1.165, 1.54) is 0 Å². The standard InChI is InChI=1S/C30H55N5O5/c1-11-19(9)24-29(39)33-22(14-17(5)6)27(37)31-21(13-16(3)4)26(36)32-23(15-18(7)8)28(38)34-25(20(10)12-2)30(40)35-24/h16-25H,11-15H2,1-10H3,(H,31,37)(H,32,36)(H,33,39)(H,34,38)(H,35,40). The molecule has 0 radical (unpaired) electrons. The summed E-state index contributed by atoms with van der Waals surface area (Å²) in [4.78, 5) is 67.7. The first-order chi connectivity index (χ1) is 18.6. The Balaban J connectivity index is 3.67. The van der Waals surface area contributed by atoms with Crippen molar-refractivity contribution in [3.05, 3.63) is 0 Å². The van der Waals surface area contributed by atoms with Gasteiger partial charge in [-0.2, -0.15) is 0 Å². The highest BCUT2D eigenvalue weighted by atomic mass is 16.2. The van der Waals surface area contributed by atoms with Crippen molar-refractivity contribution in [3.63, 3.8) is 0 Å². The van der Waals surface area contributed by atoms with Crippen molar-refractivity contribution in [1.29, 1.82) is 0 Å². The minimum Gasteiger partial charge on any atom is -0.343 e. The lowest BCUT2D eigenvalue weighted by atomic mass is 9.94. The molecule has 0 saturated carbocycles. The first-order valence-corrected chi connectivity index (χ1v) is 15.1. The fourth-order valence-electron chi connectivity index (χ4n) is 4.82. The number of amides is 5. The van der Waals surface area contributed by atoms with Gasteiger partial charge in [-0.1, -0.05) is 82.1 Å². The molecule has 1 saturated heterocycles. The van der Waals surface area contributed by atoms with Crippen molar-refractivity contribution in [3.8, 4) is 0 Å². The van der Waals surface area contributed by atoms with E-state index >= 15 is 0 Å². The summed E-state index contributed by atoms with van der Waals surface area (Å²) in [5.74, 6) is -2.51. The van der Waals surface area contributed by atoms with Crippen molar-refractivity contribution in [2.75, 3.05) is 0 Å². The third-order valence-electron chi connectivity index (χ3n) is 7.61. The first-order valence-electron chi connectivity index (χ1n) is 15.1. The molecule has 5 N–H and O–H groups in total. The van der Waals surface area contributed by atoms with Crippen molar-refractivity contribution in [2.24, 2.45) is 29.6 Å². The lowest BCUT2D eigenvalue weighted by Gasteiger charge is -2.30. The highest BCUT2D eigenvalue weighted by Crippen LogP contribution is 2.16. The summed E-state index contributed by atoms with van der Waals surface area (Å²) >= 11 is 0. The summed E-state index contributed by atoms with van der Waals surface area (Å²) in [6.07, 6.45) is 2.32. The quantitative estimate of drug-likeness (QED) is 0.277. The van der Waals surface area contributed by atoms with Gasteiger partial charge in [0.05, 0.1) is 0 Å². The molecule has 0 aromatic rings. The molecule has 7 atom stereocenters. The van der Waals surface area contributed by atoms with Crippen molar-refractivity contribution < 1.29 is 24.0 Å². The maximum Gasteiger partial charge on any atom is 0.243 e. The van der Waals surface area contributed by atoms with Gasteiger partial charge < -0.3 is 26.6 Å². The average Bonchev–Trinajstić information content (AvgIpc) is 2.86. The Kier molecular flexibility index (Phi) is 14.7. The van der Waals surface area contributed by atoms with Gasteiger partial charge in [0.2, 0.25) is 29.5 Å². The fraction of sp³-hybridized carbons (Fsp3) is 0.833. The van der Waals surface area contributed by atoms with Gasteiger partial charge in [0, 0.05) is 0 Å². The summed E-state index contributed by atoms with van der Waals surface area (Å²) in [6, 6.07) is -4.46. The zero-order chi connectivity index (χ0) is 30.7. The summed E-state index contributed by atoms with van der Waals surface area (Å²) in [7, 11) is 0. The van der Waals surface area contributed by atoms with Crippen molar-refractivity contribution in [1.82, 2.24) is 26.6 Å². The Morgan fingerprint density at radius 1 is 0.450 bits per heavy atom. The van der Waals surface area contributed by atoms with Gasteiger partial charge in [-0.15, -0.1) is 0 Å². The number of rotatable bonds is 10. The van der Waals surface area contributed by atoms with Crippen LogP contribution in [0.1, 0.15) is 101 Å². The van der Waals surface area contributed by atoms with Gasteiger partial charge in [0.15, 0.2) is 0 Å². The molecule has 1 aliphatic heterocycles. The highest BCUT2D eigenvalue weighted by Gasteiger charge is 2.37. The second kappa shape index (κ2) is 16.6. The predicted octanol–water partition coefficient (Wildman–Crippen LogP) is 2.65. The molecule has 10 nitrogen and oxygen atoms in total. The van der Waals surface area contributed by atoms with Crippen LogP contribution in [0.25, 0.3) is 0 Å². The van der Waals surface area contributed by atoms with Gasteiger partial charge >= 0.3 is 0 Å². The Labute approximate surface area is 241 Å². The zero-order valence-corrected chi connectivity index (χ0v) is 26.4. The van der Waals surface area contributed by atoms with Gasteiger partial charge in [-0.3, -0.25) is 24.0 Å². The van der Waals surface area contributed by atoms with Crippen molar-refractivity contribution >= 4 is 29.5 Å². The van der Waals surface area contributed by atoms with E-state index in [0.717, 1.165) is 0 Å². The summed E-state index contributed by atoms with van der Waals surface area (Å²) in [5.41, 5.74) is 0. The Morgan fingerprint density at radius 3 is 1.00 bits per heavy atom. The van der Waals surface area contributed by atoms with Crippen LogP contribution in [0.15, 0.2) is 0 Å². The maximum absolute atomic E-state index is 13.6. The Hall–Kier alpha value is -2.65. The molecule has 1 aliphatic rings. The summed E-state index contributed by atoms with van der Waals surface area (Å²) in [5, 5.41) is 14.3. The number of carbonyl (C=O) groups excluding carboxylic acids is 5. The Bertz CT molecular complexity index is 859. The van der Waals surface area contributed by atoms with E-state index in [0.29, 0.717) is 32.1 Å². The highest BCUT2D eigenvalue weighted by molar-refractivity contribution is 5.98. The van der Waals surface area contributed by atoms with Gasteiger partial charge in [-0.05, 0) is 48.9 Å². The number of carbonyl (C=O) groups is 5. The molecule has 230 valence electrons. The third kappa shape index (κ3) is 11.1. The molecule has 5 amide bonds. The maximum atomic E-state index is 13.6. The number of hydrogen-bond donors (Lipinski definition) is 5. The smallest absolute Gasteiger partial charge is 0.243 e. The Morgan fingerprint density at radius 2 is 0.700 bits per heavy atom. The van der Waals surface area contributed by atoms with E-state index in [-0.39, 0.29) is 29.6 Å². The normalized spacial score (nSPS) is 27.2. The van der Waals surface area contributed by atoms with Crippen molar-refractivity contribution in [2.45, 2.75) is 132 Å². The van der Waals surface area contributed by atoms with Crippen LogP contribution < -0.4 is 26.6 Å².